The van der Waals surface area contributed by atoms with Gasteiger partial charge in [-0.25, -0.2) is 4.79 Å². The van der Waals surface area contributed by atoms with Crippen LogP contribution in [0.1, 0.15) is 21.5 Å². The molecule has 3 aromatic carbocycles. The highest BCUT2D eigenvalue weighted by Crippen LogP contribution is 2.20. The molecule has 3 aromatic rings. The molecule has 0 heterocycles. The van der Waals surface area contributed by atoms with Crippen LogP contribution >= 0.6 is 0 Å². The van der Waals surface area contributed by atoms with Crippen LogP contribution in [0.2, 0.25) is 0 Å². The number of carbonyl (C=O) groups excluding carboxylic acids is 2. The van der Waals surface area contributed by atoms with Crippen molar-refractivity contribution in [3.63, 3.8) is 0 Å². The van der Waals surface area contributed by atoms with Gasteiger partial charge in [0, 0.05) is 5.56 Å². The molecule has 0 atom stereocenters. The molecule has 0 fully saturated rings. The van der Waals surface area contributed by atoms with Gasteiger partial charge in [-0.15, -0.1) is 0 Å². The van der Waals surface area contributed by atoms with Crippen LogP contribution in [0.15, 0.2) is 84.9 Å². The van der Waals surface area contributed by atoms with Crippen LogP contribution in [0.25, 0.3) is 11.6 Å². The van der Waals surface area contributed by atoms with E-state index in [1.54, 1.807) is 48.5 Å². The standard InChI is InChI=1S/C24H18N2O3/c25-16-21(19-9-3-1-4-10-19)14-18-8-7-13-22(15-18)29-23(27)17-26-24(28)20-11-5-2-6-12-20/h1-15H,17H2,(H,26,28)/b21-14-. The Labute approximate surface area is 168 Å². The van der Waals surface area contributed by atoms with Crippen LogP contribution in [-0.2, 0) is 4.79 Å². The van der Waals surface area contributed by atoms with Gasteiger partial charge in [0.05, 0.1) is 11.6 Å². The summed E-state index contributed by atoms with van der Waals surface area (Å²) in [6.45, 7) is -0.249. The third-order valence-corrected chi connectivity index (χ3v) is 4.04. The quantitative estimate of drug-likeness (QED) is 0.301. The first-order valence-corrected chi connectivity index (χ1v) is 8.97. The Hall–Kier alpha value is -4.17. The molecule has 0 saturated carbocycles. The Morgan fingerprint density at radius 2 is 1.55 bits per heavy atom. The Balaban J connectivity index is 1.64. The van der Waals surface area contributed by atoms with Crippen molar-refractivity contribution in [3.8, 4) is 11.8 Å². The van der Waals surface area contributed by atoms with Gasteiger partial charge in [-0.2, -0.15) is 5.26 Å². The van der Waals surface area contributed by atoms with E-state index in [0.29, 0.717) is 16.9 Å². The fraction of sp³-hybridized carbons (Fsp3) is 0.0417. The third-order valence-electron chi connectivity index (χ3n) is 4.04. The molecule has 3 rings (SSSR count). The number of nitrogens with one attached hydrogen (secondary N) is 1. The highest BCUT2D eigenvalue weighted by Gasteiger charge is 2.10. The Morgan fingerprint density at radius 3 is 2.21 bits per heavy atom. The minimum absolute atomic E-state index is 0.249. The van der Waals surface area contributed by atoms with Crippen LogP contribution in [0.4, 0.5) is 0 Å². The summed E-state index contributed by atoms with van der Waals surface area (Å²) in [5, 5.41) is 12.0. The van der Waals surface area contributed by atoms with Crippen molar-refractivity contribution in [1.29, 1.82) is 5.26 Å². The van der Waals surface area contributed by atoms with Crippen molar-refractivity contribution in [2.45, 2.75) is 0 Å². The predicted molar refractivity (Wildman–Crippen MR) is 111 cm³/mol. The summed E-state index contributed by atoms with van der Waals surface area (Å²) < 4.78 is 5.30. The van der Waals surface area contributed by atoms with Crippen LogP contribution in [0, 0.1) is 11.3 Å². The summed E-state index contributed by atoms with van der Waals surface area (Å²) in [5.41, 5.74) is 2.51. The largest absolute Gasteiger partial charge is 0.425 e. The molecule has 0 aliphatic carbocycles. The van der Waals surface area contributed by atoms with E-state index in [-0.39, 0.29) is 12.5 Å². The van der Waals surface area contributed by atoms with Crippen molar-refractivity contribution in [3.05, 3.63) is 102 Å². The molecule has 0 aliphatic rings. The number of ether oxygens (including phenoxy) is 1. The molecule has 5 nitrogen and oxygen atoms in total. The Morgan fingerprint density at radius 1 is 0.897 bits per heavy atom. The first-order valence-electron chi connectivity index (χ1n) is 8.97. The van der Waals surface area contributed by atoms with Crippen molar-refractivity contribution in [2.24, 2.45) is 0 Å². The molecule has 5 heteroatoms. The molecule has 1 amide bonds. The molecule has 0 aromatic heterocycles. The highest BCUT2D eigenvalue weighted by molar-refractivity contribution is 5.96. The van der Waals surface area contributed by atoms with Gasteiger partial charge < -0.3 is 10.1 Å². The molecule has 0 aliphatic heterocycles. The van der Waals surface area contributed by atoms with E-state index >= 15 is 0 Å². The fourth-order valence-corrected chi connectivity index (χ4v) is 2.64. The molecule has 29 heavy (non-hydrogen) atoms. The molecule has 142 valence electrons. The number of benzene rings is 3. The van der Waals surface area contributed by atoms with E-state index in [1.807, 2.05) is 42.5 Å². The number of allylic oxidation sites excluding steroid dienone is 1. The Kier molecular flexibility index (Phi) is 6.53. The first-order chi connectivity index (χ1) is 14.2. The van der Waals surface area contributed by atoms with E-state index in [1.165, 1.54) is 0 Å². The van der Waals surface area contributed by atoms with Gasteiger partial charge in [0.15, 0.2) is 0 Å². The number of rotatable bonds is 6. The summed E-state index contributed by atoms with van der Waals surface area (Å²) in [6, 6.07) is 27.0. The minimum atomic E-state index is -0.584. The molecule has 0 bridgehead atoms. The third kappa shape index (κ3) is 5.65. The van der Waals surface area contributed by atoms with Crippen molar-refractivity contribution in [2.75, 3.05) is 6.54 Å². The number of nitrogens with zero attached hydrogens (tertiary/aromatic N) is 1. The first kappa shape index (κ1) is 19.6. The second kappa shape index (κ2) is 9.67. The maximum atomic E-state index is 12.1. The zero-order valence-electron chi connectivity index (χ0n) is 15.5. The second-order valence-corrected chi connectivity index (χ2v) is 6.13. The van der Waals surface area contributed by atoms with Crippen LogP contribution in [-0.4, -0.2) is 18.4 Å². The van der Waals surface area contributed by atoms with Crippen molar-refractivity contribution < 1.29 is 14.3 Å². The lowest BCUT2D eigenvalue weighted by Crippen LogP contribution is -2.31. The van der Waals surface area contributed by atoms with Gasteiger partial charge in [0.25, 0.3) is 5.91 Å². The molecule has 1 N–H and O–H groups in total. The fourth-order valence-electron chi connectivity index (χ4n) is 2.64. The monoisotopic (exact) mass is 382 g/mol. The number of amides is 1. The number of hydrogen-bond donors (Lipinski definition) is 1. The maximum Gasteiger partial charge on any atom is 0.330 e. The molecule has 0 radical (unpaired) electrons. The van der Waals surface area contributed by atoms with Gasteiger partial charge in [-0.3, -0.25) is 4.79 Å². The zero-order valence-corrected chi connectivity index (χ0v) is 15.5. The van der Waals surface area contributed by atoms with Crippen LogP contribution in [0.3, 0.4) is 0 Å². The van der Waals surface area contributed by atoms with Crippen LogP contribution < -0.4 is 10.1 Å². The zero-order chi connectivity index (χ0) is 20.5. The van der Waals surface area contributed by atoms with Crippen molar-refractivity contribution in [1.82, 2.24) is 5.32 Å². The highest BCUT2D eigenvalue weighted by atomic mass is 16.5. The second-order valence-electron chi connectivity index (χ2n) is 6.13. The average Bonchev–Trinajstić information content (AvgIpc) is 2.77. The number of esters is 1. The molecule has 0 saturated heterocycles. The molecule has 0 spiro atoms. The lowest BCUT2D eigenvalue weighted by atomic mass is 10.0. The van der Waals surface area contributed by atoms with Gasteiger partial charge in [0.1, 0.15) is 12.3 Å². The van der Waals surface area contributed by atoms with E-state index in [4.69, 9.17) is 4.74 Å². The average molecular weight is 382 g/mol. The molecular weight excluding hydrogens is 364 g/mol. The lowest BCUT2D eigenvalue weighted by molar-refractivity contribution is -0.133. The van der Waals surface area contributed by atoms with Crippen LogP contribution in [0.5, 0.6) is 5.75 Å². The van der Waals surface area contributed by atoms with Gasteiger partial charge in [0.2, 0.25) is 0 Å². The number of nitriles is 1. The summed E-state index contributed by atoms with van der Waals surface area (Å²) in [4.78, 5) is 24.0. The van der Waals surface area contributed by atoms with Gasteiger partial charge in [-0.1, -0.05) is 60.7 Å². The van der Waals surface area contributed by atoms with E-state index in [9.17, 15) is 14.9 Å². The molecular formula is C24H18N2O3. The maximum absolute atomic E-state index is 12.1. The van der Waals surface area contributed by atoms with Crippen molar-refractivity contribution >= 4 is 23.5 Å². The van der Waals surface area contributed by atoms with E-state index < -0.39 is 5.97 Å². The predicted octanol–water partition coefficient (Wildman–Crippen LogP) is 4.09. The number of hydrogen-bond acceptors (Lipinski definition) is 4. The normalized spacial score (nSPS) is 10.7. The summed E-state index contributed by atoms with van der Waals surface area (Å²) in [5.74, 6) is -0.595. The Bertz CT molecular complexity index is 1070. The van der Waals surface area contributed by atoms with Gasteiger partial charge >= 0.3 is 5.97 Å². The van der Waals surface area contributed by atoms with E-state index in [2.05, 4.69) is 11.4 Å². The minimum Gasteiger partial charge on any atom is -0.425 e. The summed E-state index contributed by atoms with van der Waals surface area (Å²) in [7, 11) is 0. The smallest absolute Gasteiger partial charge is 0.330 e. The lowest BCUT2D eigenvalue weighted by Gasteiger charge is -2.07. The molecule has 0 unspecified atom stereocenters. The summed E-state index contributed by atoms with van der Waals surface area (Å²) >= 11 is 0. The number of carbonyl (C=O) groups is 2. The van der Waals surface area contributed by atoms with E-state index in [0.717, 1.165) is 11.1 Å². The topological polar surface area (TPSA) is 79.2 Å². The summed E-state index contributed by atoms with van der Waals surface area (Å²) in [6.07, 6.45) is 1.73. The SMILES string of the molecule is N#C/C(=C/c1cccc(OC(=O)CNC(=O)c2ccccc2)c1)c1ccccc1. The van der Waals surface area contributed by atoms with Gasteiger partial charge in [-0.05, 0) is 41.5 Å².